The van der Waals surface area contributed by atoms with Gasteiger partial charge in [-0.15, -0.1) is 70.6 Å². The summed E-state index contributed by atoms with van der Waals surface area (Å²) < 4.78 is 1.20. The van der Waals surface area contributed by atoms with Crippen molar-refractivity contribution >= 4 is 104 Å². The molecule has 2 aliphatic heterocycles. The van der Waals surface area contributed by atoms with Gasteiger partial charge in [-0.1, -0.05) is 36.7 Å². The Bertz CT molecular complexity index is 671. The first kappa shape index (κ1) is 28.3. The number of thioether (sulfide) groups is 8. The molecule has 0 aromatic heterocycles. The maximum Gasteiger partial charge on any atom is 0.211 e. The molecule has 0 aromatic carbocycles. The van der Waals surface area contributed by atoms with Crippen LogP contribution < -0.4 is 0 Å². The minimum atomic E-state index is 0.0656. The smallest absolute Gasteiger partial charge is 0.211 e. The second-order valence-electron chi connectivity index (χ2n) is 6.39. The zero-order chi connectivity index (χ0) is 22.6. The molecule has 0 N–H and O–H groups in total. The molecule has 0 radical (unpaired) electrons. The van der Waals surface area contributed by atoms with E-state index >= 15 is 0 Å². The van der Waals surface area contributed by atoms with Crippen LogP contribution in [0, 0.1) is 0 Å². The van der Waals surface area contributed by atoms with Crippen molar-refractivity contribution in [2.24, 2.45) is 0 Å². The summed E-state index contributed by atoms with van der Waals surface area (Å²) in [6, 6.07) is 0. The van der Waals surface area contributed by atoms with Crippen LogP contribution in [0.25, 0.3) is 0 Å². The molecule has 2 rings (SSSR count). The van der Waals surface area contributed by atoms with Gasteiger partial charge in [0.2, 0.25) is 10.2 Å². The molecular weight excluding hydrogens is 541 g/mol. The minimum Gasteiger partial charge on any atom is -0.282 e. The van der Waals surface area contributed by atoms with E-state index in [1.807, 2.05) is 70.6 Å². The van der Waals surface area contributed by atoms with E-state index < -0.39 is 0 Å². The first-order valence-electron chi connectivity index (χ1n) is 9.73. The van der Waals surface area contributed by atoms with Gasteiger partial charge >= 0.3 is 0 Å². The van der Waals surface area contributed by atoms with Gasteiger partial charge in [0.1, 0.15) is 0 Å². The molecule has 31 heavy (non-hydrogen) atoms. The summed E-state index contributed by atoms with van der Waals surface area (Å²) in [5.41, 5.74) is 0. The highest BCUT2D eigenvalue weighted by Gasteiger charge is 2.25. The second-order valence-corrected chi connectivity index (χ2v) is 17.0. The predicted octanol–water partition coefficient (Wildman–Crippen LogP) is 8.16. The lowest BCUT2D eigenvalue weighted by Crippen LogP contribution is -2.00. The van der Waals surface area contributed by atoms with Crippen LogP contribution in [-0.4, -0.2) is 47.5 Å². The molecule has 10 heteroatoms. The third-order valence-corrected chi connectivity index (χ3v) is 15.1. The molecule has 0 saturated carbocycles. The van der Waals surface area contributed by atoms with Gasteiger partial charge in [0, 0.05) is 28.1 Å². The van der Waals surface area contributed by atoms with E-state index in [0.717, 1.165) is 40.9 Å². The highest BCUT2D eigenvalue weighted by atomic mass is 32.2. The molecule has 0 aromatic rings. The first-order chi connectivity index (χ1) is 14.9. The van der Waals surface area contributed by atoms with Gasteiger partial charge in [-0.2, -0.15) is 0 Å². The van der Waals surface area contributed by atoms with E-state index in [1.165, 1.54) is 55.3 Å². The van der Waals surface area contributed by atoms with Crippen LogP contribution in [0.3, 0.4) is 0 Å². The van der Waals surface area contributed by atoms with Crippen LogP contribution in [0.5, 0.6) is 0 Å². The van der Waals surface area contributed by atoms with Crippen molar-refractivity contribution in [1.82, 2.24) is 0 Å². The zero-order valence-corrected chi connectivity index (χ0v) is 24.3. The Labute approximate surface area is 221 Å². The summed E-state index contributed by atoms with van der Waals surface area (Å²) in [5.74, 6) is 4.00. The lowest BCUT2D eigenvalue weighted by Gasteiger charge is -2.11. The standard InChI is InChI=1S/C21H28O2S8/c1-5-18(22)26-9-7-16-14(3)28-20(30-16)11-24-13-25-12-21-29-15(4)17(31-21)8-10-27-19(23)6-2/h5-6,20-21H,1-2,7-13H2,3-4H3. The minimum absolute atomic E-state index is 0.0656. The van der Waals surface area contributed by atoms with Crippen molar-refractivity contribution < 1.29 is 9.59 Å². The summed E-state index contributed by atoms with van der Waals surface area (Å²) in [6.45, 7) is 11.5. The Kier molecular flexibility index (Phi) is 14.5. The quantitative estimate of drug-likeness (QED) is 0.116. The topological polar surface area (TPSA) is 34.1 Å². The van der Waals surface area contributed by atoms with Crippen molar-refractivity contribution in [2.75, 3.05) is 28.1 Å². The fourth-order valence-electron chi connectivity index (χ4n) is 2.62. The number of hydrogen-bond acceptors (Lipinski definition) is 10. The van der Waals surface area contributed by atoms with Crippen LogP contribution in [0.2, 0.25) is 0 Å². The van der Waals surface area contributed by atoms with Gasteiger partial charge < -0.3 is 0 Å². The van der Waals surface area contributed by atoms with E-state index in [-0.39, 0.29) is 10.2 Å². The number of hydrogen-bond donors (Lipinski definition) is 0. The SMILES string of the molecule is C=CC(=O)SCCC1=C(C)SC(CSCSCC2SC(C)=C(CCSC(=O)C=C)S2)S1. The molecule has 2 aliphatic rings. The zero-order valence-electron chi connectivity index (χ0n) is 17.8. The van der Waals surface area contributed by atoms with E-state index in [4.69, 9.17) is 0 Å². The summed E-state index contributed by atoms with van der Waals surface area (Å²) in [5, 5.41) is 1.26. The molecule has 0 fully saturated rings. The van der Waals surface area contributed by atoms with Crippen molar-refractivity contribution in [3.05, 3.63) is 44.9 Å². The molecule has 0 saturated heterocycles. The van der Waals surface area contributed by atoms with Crippen molar-refractivity contribution in [3.8, 4) is 0 Å². The third-order valence-electron chi connectivity index (χ3n) is 4.10. The largest absolute Gasteiger partial charge is 0.282 e. The van der Waals surface area contributed by atoms with E-state index in [2.05, 4.69) is 27.0 Å². The average molecular weight is 569 g/mol. The Morgan fingerprint density at radius 3 is 1.61 bits per heavy atom. The summed E-state index contributed by atoms with van der Waals surface area (Å²) in [7, 11) is 0. The Hall–Kier alpha value is 1.10. The monoisotopic (exact) mass is 568 g/mol. The van der Waals surface area contributed by atoms with Gasteiger partial charge in [-0.3, -0.25) is 9.59 Å². The Morgan fingerprint density at radius 1 is 0.806 bits per heavy atom. The molecule has 0 amide bonds. The van der Waals surface area contributed by atoms with E-state index in [0.29, 0.717) is 9.16 Å². The lowest BCUT2D eigenvalue weighted by atomic mass is 10.4. The van der Waals surface area contributed by atoms with Crippen LogP contribution in [0.4, 0.5) is 0 Å². The lowest BCUT2D eigenvalue weighted by molar-refractivity contribution is -0.107. The number of rotatable bonds is 14. The van der Waals surface area contributed by atoms with Crippen LogP contribution >= 0.6 is 94.1 Å². The number of carbonyl (C=O) groups is 2. The molecular formula is C21H28O2S8. The summed E-state index contributed by atoms with van der Waals surface area (Å²) in [4.78, 5) is 28.4. The number of allylic oxidation sites excluding steroid dienone is 4. The van der Waals surface area contributed by atoms with Crippen LogP contribution in [0.15, 0.2) is 44.9 Å². The molecule has 2 heterocycles. The van der Waals surface area contributed by atoms with Crippen molar-refractivity contribution in [2.45, 2.75) is 35.9 Å². The number of carbonyl (C=O) groups excluding carboxylic acids is 2. The third kappa shape index (κ3) is 10.9. The van der Waals surface area contributed by atoms with Gasteiger partial charge in [0.05, 0.1) is 9.16 Å². The predicted molar refractivity (Wildman–Crippen MR) is 158 cm³/mol. The fraction of sp³-hybridized carbons (Fsp3) is 0.524. The highest BCUT2D eigenvalue weighted by Crippen LogP contribution is 2.50. The molecule has 2 nitrogen and oxygen atoms in total. The maximum atomic E-state index is 11.3. The Balaban J connectivity index is 1.53. The normalized spacial score (nSPS) is 21.1. The van der Waals surface area contributed by atoms with Crippen LogP contribution in [0.1, 0.15) is 26.7 Å². The van der Waals surface area contributed by atoms with Gasteiger partial charge in [-0.05, 0) is 58.5 Å². The van der Waals surface area contributed by atoms with Crippen molar-refractivity contribution in [1.29, 1.82) is 0 Å². The molecule has 0 aliphatic carbocycles. The molecule has 0 spiro atoms. The molecule has 172 valence electrons. The molecule has 2 unspecified atom stereocenters. The first-order valence-corrected chi connectivity index (χ1v) is 17.5. The van der Waals surface area contributed by atoms with Crippen molar-refractivity contribution in [3.63, 3.8) is 0 Å². The molecule has 0 bridgehead atoms. The summed E-state index contributed by atoms with van der Waals surface area (Å²) >= 11 is 14.7. The maximum absolute atomic E-state index is 11.3. The average Bonchev–Trinajstić information content (AvgIpc) is 3.29. The van der Waals surface area contributed by atoms with E-state index in [9.17, 15) is 9.59 Å². The second kappa shape index (κ2) is 15.9. The van der Waals surface area contributed by atoms with Crippen LogP contribution in [-0.2, 0) is 9.59 Å². The fourth-order valence-corrected chi connectivity index (χ4v) is 13.2. The Morgan fingerprint density at radius 2 is 1.23 bits per heavy atom. The van der Waals surface area contributed by atoms with Gasteiger partial charge in [0.15, 0.2) is 0 Å². The van der Waals surface area contributed by atoms with Gasteiger partial charge in [0.25, 0.3) is 0 Å². The van der Waals surface area contributed by atoms with E-state index in [1.54, 1.807) is 0 Å². The summed E-state index contributed by atoms with van der Waals surface area (Å²) in [6.07, 6.45) is 4.75. The molecule has 2 atom stereocenters. The highest BCUT2D eigenvalue weighted by molar-refractivity contribution is 8.26. The van der Waals surface area contributed by atoms with Gasteiger partial charge in [-0.25, -0.2) is 0 Å².